The molecule has 1 aliphatic carbocycles. The quantitative estimate of drug-likeness (QED) is 0.660. The van der Waals surface area contributed by atoms with Gasteiger partial charge in [-0.15, -0.1) is 0 Å². The van der Waals surface area contributed by atoms with Crippen molar-refractivity contribution in [3.8, 4) is 0 Å². The second kappa shape index (κ2) is 4.61. The maximum atomic E-state index is 11.1. The molecule has 76 valence electrons. The smallest absolute Gasteiger partial charge is 0.305 e. The molecule has 0 saturated heterocycles. The van der Waals surface area contributed by atoms with Crippen LogP contribution in [0.2, 0.25) is 0 Å². The molecule has 1 rings (SSSR count). The van der Waals surface area contributed by atoms with Crippen LogP contribution in [0.4, 0.5) is 0 Å². The van der Waals surface area contributed by atoms with Crippen LogP contribution in [-0.2, 0) is 9.53 Å². The third-order valence-corrected chi connectivity index (χ3v) is 2.96. The molecule has 0 aromatic heterocycles. The van der Waals surface area contributed by atoms with E-state index in [2.05, 4.69) is 11.7 Å². The molecule has 3 unspecified atom stereocenters. The highest BCUT2D eigenvalue weighted by atomic mass is 16.5. The number of methoxy groups -OCH3 is 1. The van der Waals surface area contributed by atoms with E-state index in [1.54, 1.807) is 0 Å². The van der Waals surface area contributed by atoms with Gasteiger partial charge in [-0.3, -0.25) is 4.79 Å². The summed E-state index contributed by atoms with van der Waals surface area (Å²) in [6.45, 7) is 2.22. The molecule has 0 amide bonds. The Morgan fingerprint density at radius 3 is 2.85 bits per heavy atom. The number of rotatable bonds is 2. The summed E-state index contributed by atoms with van der Waals surface area (Å²) in [4.78, 5) is 11.1. The van der Waals surface area contributed by atoms with E-state index in [9.17, 15) is 4.79 Å². The van der Waals surface area contributed by atoms with Crippen molar-refractivity contribution in [2.45, 2.75) is 38.6 Å². The van der Waals surface area contributed by atoms with Gasteiger partial charge in [0.25, 0.3) is 0 Å². The highest BCUT2D eigenvalue weighted by Crippen LogP contribution is 2.30. The average molecular weight is 185 g/mol. The SMILES string of the molecule is COC(=O)CC1CC(C)CCC1N. The summed E-state index contributed by atoms with van der Waals surface area (Å²) >= 11 is 0. The van der Waals surface area contributed by atoms with Crippen LogP contribution in [0.3, 0.4) is 0 Å². The number of nitrogens with two attached hydrogens (primary N) is 1. The zero-order valence-electron chi connectivity index (χ0n) is 8.45. The summed E-state index contributed by atoms with van der Waals surface area (Å²) in [5.41, 5.74) is 5.94. The van der Waals surface area contributed by atoms with Gasteiger partial charge >= 0.3 is 5.97 Å². The summed E-state index contributed by atoms with van der Waals surface area (Å²) in [7, 11) is 1.43. The second-order valence-corrected chi connectivity index (χ2v) is 4.12. The van der Waals surface area contributed by atoms with Gasteiger partial charge in [-0.05, 0) is 31.1 Å². The van der Waals surface area contributed by atoms with Crippen molar-refractivity contribution >= 4 is 5.97 Å². The number of ether oxygens (including phenoxy) is 1. The minimum atomic E-state index is -0.130. The Hall–Kier alpha value is -0.570. The van der Waals surface area contributed by atoms with Crippen LogP contribution >= 0.6 is 0 Å². The van der Waals surface area contributed by atoms with Crippen LogP contribution in [-0.4, -0.2) is 19.1 Å². The van der Waals surface area contributed by atoms with E-state index in [-0.39, 0.29) is 12.0 Å². The van der Waals surface area contributed by atoms with Crippen LogP contribution < -0.4 is 5.73 Å². The Labute approximate surface area is 79.6 Å². The van der Waals surface area contributed by atoms with Crippen LogP contribution in [0, 0.1) is 11.8 Å². The number of hydrogen-bond acceptors (Lipinski definition) is 3. The fraction of sp³-hybridized carbons (Fsp3) is 0.900. The molecular weight excluding hydrogens is 166 g/mol. The van der Waals surface area contributed by atoms with Crippen molar-refractivity contribution in [2.75, 3.05) is 7.11 Å². The molecule has 0 bridgehead atoms. The maximum Gasteiger partial charge on any atom is 0.305 e. The van der Waals surface area contributed by atoms with Gasteiger partial charge in [-0.2, -0.15) is 0 Å². The molecule has 0 radical (unpaired) electrons. The van der Waals surface area contributed by atoms with Gasteiger partial charge in [0.2, 0.25) is 0 Å². The zero-order valence-corrected chi connectivity index (χ0v) is 8.45. The zero-order chi connectivity index (χ0) is 9.84. The van der Waals surface area contributed by atoms with Gasteiger partial charge in [-0.25, -0.2) is 0 Å². The molecule has 0 aromatic carbocycles. The molecule has 13 heavy (non-hydrogen) atoms. The summed E-state index contributed by atoms with van der Waals surface area (Å²) in [6, 6.07) is 0.190. The summed E-state index contributed by atoms with van der Waals surface area (Å²) in [5.74, 6) is 0.903. The number of esters is 1. The Morgan fingerprint density at radius 1 is 1.54 bits per heavy atom. The van der Waals surface area contributed by atoms with Crippen molar-refractivity contribution in [2.24, 2.45) is 17.6 Å². The Bertz CT molecular complexity index is 182. The van der Waals surface area contributed by atoms with E-state index in [4.69, 9.17) is 5.73 Å². The van der Waals surface area contributed by atoms with Crippen LogP contribution in [0.25, 0.3) is 0 Å². The van der Waals surface area contributed by atoms with Gasteiger partial charge in [0.15, 0.2) is 0 Å². The Balaban J connectivity index is 2.41. The first-order chi connectivity index (χ1) is 6.13. The largest absolute Gasteiger partial charge is 0.469 e. The van der Waals surface area contributed by atoms with Crippen molar-refractivity contribution < 1.29 is 9.53 Å². The van der Waals surface area contributed by atoms with E-state index >= 15 is 0 Å². The molecule has 0 heterocycles. The standard InChI is InChI=1S/C10H19NO2/c1-7-3-4-9(11)8(5-7)6-10(12)13-2/h7-9H,3-6,11H2,1-2H3. The third-order valence-electron chi connectivity index (χ3n) is 2.96. The van der Waals surface area contributed by atoms with Crippen LogP contribution in [0.5, 0.6) is 0 Å². The van der Waals surface area contributed by atoms with Crippen LogP contribution in [0.15, 0.2) is 0 Å². The molecule has 2 N–H and O–H groups in total. The first-order valence-corrected chi connectivity index (χ1v) is 4.96. The maximum absolute atomic E-state index is 11.1. The lowest BCUT2D eigenvalue weighted by atomic mass is 9.78. The third kappa shape index (κ3) is 2.99. The van der Waals surface area contributed by atoms with Gasteiger partial charge in [0.05, 0.1) is 7.11 Å². The molecule has 3 nitrogen and oxygen atoms in total. The number of hydrogen-bond donors (Lipinski definition) is 1. The lowest BCUT2D eigenvalue weighted by Crippen LogP contribution is -2.36. The molecule has 3 atom stereocenters. The summed E-state index contributed by atoms with van der Waals surface area (Å²) in [5, 5.41) is 0. The van der Waals surface area contributed by atoms with Crippen molar-refractivity contribution in [1.82, 2.24) is 0 Å². The van der Waals surface area contributed by atoms with Gasteiger partial charge in [0, 0.05) is 12.5 Å². The van der Waals surface area contributed by atoms with Crippen LogP contribution in [0.1, 0.15) is 32.6 Å². The topological polar surface area (TPSA) is 52.3 Å². The predicted molar refractivity (Wildman–Crippen MR) is 51.1 cm³/mol. The summed E-state index contributed by atoms with van der Waals surface area (Å²) < 4.78 is 4.64. The highest BCUT2D eigenvalue weighted by Gasteiger charge is 2.27. The first-order valence-electron chi connectivity index (χ1n) is 4.96. The highest BCUT2D eigenvalue weighted by molar-refractivity contribution is 5.69. The normalized spacial score (nSPS) is 34.2. The average Bonchev–Trinajstić information content (AvgIpc) is 2.11. The van der Waals surface area contributed by atoms with Gasteiger partial charge < -0.3 is 10.5 Å². The second-order valence-electron chi connectivity index (χ2n) is 4.12. The molecule has 3 heteroatoms. The number of carbonyl (C=O) groups excluding carboxylic acids is 1. The lowest BCUT2D eigenvalue weighted by Gasteiger charge is -2.31. The molecular formula is C10H19NO2. The fourth-order valence-corrected chi connectivity index (χ4v) is 2.05. The molecule has 0 aliphatic heterocycles. The first kappa shape index (κ1) is 10.5. The molecule has 1 fully saturated rings. The van der Waals surface area contributed by atoms with Gasteiger partial charge in [0.1, 0.15) is 0 Å². The minimum Gasteiger partial charge on any atom is -0.469 e. The monoisotopic (exact) mass is 185 g/mol. The van der Waals surface area contributed by atoms with E-state index in [1.807, 2.05) is 0 Å². The van der Waals surface area contributed by atoms with E-state index in [1.165, 1.54) is 13.5 Å². The Morgan fingerprint density at radius 2 is 2.23 bits per heavy atom. The Kier molecular flexibility index (Phi) is 3.72. The molecule has 1 saturated carbocycles. The lowest BCUT2D eigenvalue weighted by molar-refractivity contribution is -0.142. The molecule has 0 aromatic rings. The minimum absolute atomic E-state index is 0.130. The van der Waals surface area contributed by atoms with Crippen molar-refractivity contribution in [3.05, 3.63) is 0 Å². The van der Waals surface area contributed by atoms with E-state index < -0.39 is 0 Å². The predicted octanol–water partition coefficient (Wildman–Crippen LogP) is 1.31. The van der Waals surface area contributed by atoms with E-state index in [0.717, 1.165) is 12.8 Å². The van der Waals surface area contributed by atoms with Crippen molar-refractivity contribution in [3.63, 3.8) is 0 Å². The molecule has 1 aliphatic rings. The van der Waals surface area contributed by atoms with Gasteiger partial charge in [-0.1, -0.05) is 6.92 Å². The fourth-order valence-electron chi connectivity index (χ4n) is 2.05. The number of carbonyl (C=O) groups is 1. The summed E-state index contributed by atoms with van der Waals surface area (Å²) in [6.07, 6.45) is 3.79. The molecule has 0 spiro atoms. The van der Waals surface area contributed by atoms with E-state index in [0.29, 0.717) is 18.3 Å². The van der Waals surface area contributed by atoms with Crippen molar-refractivity contribution in [1.29, 1.82) is 0 Å².